The number of alkyl halides is 2. The van der Waals surface area contributed by atoms with Crippen LogP contribution in [-0.4, -0.2) is 68.9 Å². The number of halogens is 4. The van der Waals surface area contributed by atoms with Gasteiger partial charge in [-0.25, -0.2) is 22.2 Å². The number of aromatic nitrogens is 1. The maximum Gasteiger partial charge on any atom is 0.269 e. The summed E-state index contributed by atoms with van der Waals surface area (Å²) in [6.45, 7) is 0.0597. The number of benzene rings is 1. The number of amides is 1. The fourth-order valence-electron chi connectivity index (χ4n) is 4.54. The maximum absolute atomic E-state index is 13.5. The van der Waals surface area contributed by atoms with E-state index in [9.17, 15) is 30.8 Å². The zero-order valence-electron chi connectivity index (χ0n) is 21.0. The van der Waals surface area contributed by atoms with Gasteiger partial charge in [-0.3, -0.25) is 9.52 Å². The minimum Gasteiger partial charge on any atom is -0.395 e. The third-order valence-electron chi connectivity index (χ3n) is 6.67. The molecule has 0 unspecified atom stereocenters. The Labute approximate surface area is 223 Å². The number of hydrogen-bond acceptors (Lipinski definition) is 7. The number of piperidine rings is 2. The number of sulfonamides is 1. The normalized spacial score (nSPS) is 17.6. The Bertz CT molecular complexity index is 1330. The summed E-state index contributed by atoms with van der Waals surface area (Å²) >= 11 is 0. The zero-order chi connectivity index (χ0) is 28.2. The first-order valence-electron chi connectivity index (χ1n) is 12.4. The van der Waals surface area contributed by atoms with Crippen molar-refractivity contribution in [2.24, 2.45) is 0 Å². The van der Waals surface area contributed by atoms with Gasteiger partial charge >= 0.3 is 0 Å². The largest absolute Gasteiger partial charge is 0.395 e. The summed E-state index contributed by atoms with van der Waals surface area (Å²) in [4.78, 5) is 21.0. The van der Waals surface area contributed by atoms with Crippen LogP contribution in [-0.2, 0) is 10.0 Å². The lowest BCUT2D eigenvalue weighted by molar-refractivity contribution is -0.0221. The number of carbonyl (C=O) groups is 1. The van der Waals surface area contributed by atoms with Gasteiger partial charge < -0.3 is 20.2 Å². The first-order valence-corrected chi connectivity index (χ1v) is 14.1. The van der Waals surface area contributed by atoms with Crippen molar-refractivity contribution in [1.29, 1.82) is 0 Å². The van der Waals surface area contributed by atoms with Crippen LogP contribution in [0, 0.1) is 0 Å². The second-order valence-electron chi connectivity index (χ2n) is 9.43. The van der Waals surface area contributed by atoms with Crippen LogP contribution in [0.25, 0.3) is 0 Å². The lowest BCUT2D eigenvalue weighted by Gasteiger charge is -2.32. The average Bonchev–Trinajstić information content (AvgIpc) is 2.88. The van der Waals surface area contributed by atoms with Gasteiger partial charge in [0.25, 0.3) is 17.9 Å². The Morgan fingerprint density at radius 2 is 1.69 bits per heavy atom. The van der Waals surface area contributed by atoms with Crippen molar-refractivity contribution in [1.82, 2.24) is 4.98 Å². The highest BCUT2D eigenvalue weighted by molar-refractivity contribution is 7.92. The van der Waals surface area contributed by atoms with Crippen molar-refractivity contribution in [3.63, 3.8) is 0 Å². The van der Waals surface area contributed by atoms with E-state index >= 15 is 0 Å². The van der Waals surface area contributed by atoms with Gasteiger partial charge in [0, 0.05) is 57.0 Å². The monoisotopic (exact) mass is 571 g/mol. The van der Waals surface area contributed by atoms with Crippen molar-refractivity contribution < 1.29 is 35.9 Å². The van der Waals surface area contributed by atoms with Crippen LogP contribution >= 0.6 is 0 Å². The fraction of sp³-hybridized carbons (Fsp3) is 0.440. The second kappa shape index (κ2) is 11.8. The van der Waals surface area contributed by atoms with Gasteiger partial charge in [-0.2, -0.15) is 8.78 Å². The van der Waals surface area contributed by atoms with Crippen LogP contribution in [0.5, 0.6) is 0 Å². The summed E-state index contributed by atoms with van der Waals surface area (Å²) in [5, 5.41) is 11.8. The van der Waals surface area contributed by atoms with E-state index in [1.807, 2.05) is 0 Å². The molecule has 0 radical (unpaired) electrons. The van der Waals surface area contributed by atoms with Crippen LogP contribution < -0.4 is 19.8 Å². The highest BCUT2D eigenvalue weighted by Crippen LogP contribution is 2.33. The van der Waals surface area contributed by atoms with Gasteiger partial charge in [-0.1, -0.05) is 0 Å². The number of anilines is 4. The van der Waals surface area contributed by atoms with Gasteiger partial charge in [0.15, 0.2) is 0 Å². The molecule has 0 spiro atoms. The number of aliphatic hydroxyl groups excluding tert-OH is 1. The Balaban J connectivity index is 1.57. The summed E-state index contributed by atoms with van der Waals surface area (Å²) in [5.41, 5.74) is 1.11. The minimum absolute atomic E-state index is 0.0387. The molecule has 3 N–H and O–H groups in total. The predicted octanol–water partition coefficient (Wildman–Crippen LogP) is 4.05. The standard InChI is InChI=1S/C25H29F4N5O4S/c26-23(27)17-4-9-33(10-5-17)21-15-19(32-39(37,38)14-13-35)1-2-20(21)24(36)31-18-3-8-30-22(16-18)34-11-6-25(28,29)7-12-34/h1-3,8,15-16,32,35H,4-7,9-14H2,(H,30,31,36). The quantitative estimate of drug-likeness (QED) is 0.410. The van der Waals surface area contributed by atoms with E-state index in [2.05, 4.69) is 15.0 Å². The number of carbonyl (C=O) groups excluding carboxylic acids is 1. The molecule has 0 atom stereocenters. The van der Waals surface area contributed by atoms with Crippen molar-refractivity contribution in [3.05, 3.63) is 53.7 Å². The molecule has 0 aliphatic carbocycles. The fourth-order valence-corrected chi connectivity index (χ4v) is 5.37. The Morgan fingerprint density at radius 3 is 2.33 bits per heavy atom. The molecule has 9 nitrogen and oxygen atoms in total. The smallest absolute Gasteiger partial charge is 0.269 e. The summed E-state index contributed by atoms with van der Waals surface area (Å²) in [6.07, 6.45) is -0.658. The van der Waals surface area contributed by atoms with Crippen LogP contribution in [0.15, 0.2) is 48.2 Å². The molecule has 212 valence electrons. The maximum atomic E-state index is 13.5. The third-order valence-corrected chi connectivity index (χ3v) is 7.94. The molecule has 0 saturated carbocycles. The highest BCUT2D eigenvalue weighted by atomic mass is 32.2. The lowest BCUT2D eigenvalue weighted by atomic mass is 10.0. The first kappa shape index (κ1) is 28.6. The molecule has 4 rings (SSSR count). The van der Waals surface area contributed by atoms with E-state index in [1.165, 1.54) is 24.4 Å². The van der Waals surface area contributed by atoms with Gasteiger partial charge in [-0.05, 0) is 42.7 Å². The van der Waals surface area contributed by atoms with Crippen molar-refractivity contribution >= 4 is 38.8 Å². The van der Waals surface area contributed by atoms with Crippen molar-refractivity contribution in [2.45, 2.75) is 31.6 Å². The molecule has 14 heteroatoms. The molecule has 1 aromatic carbocycles. The molecule has 0 bridgehead atoms. The van der Waals surface area contributed by atoms with E-state index in [1.54, 1.807) is 21.9 Å². The van der Waals surface area contributed by atoms with Crippen LogP contribution in [0.4, 0.5) is 40.4 Å². The summed E-state index contributed by atoms with van der Waals surface area (Å²) in [5.74, 6) is -3.31. The van der Waals surface area contributed by atoms with E-state index in [0.29, 0.717) is 17.2 Å². The Kier molecular flexibility index (Phi) is 8.64. The molecule has 2 fully saturated rings. The van der Waals surface area contributed by atoms with Crippen LogP contribution in [0.1, 0.15) is 36.0 Å². The molecule has 3 heterocycles. The van der Waals surface area contributed by atoms with E-state index in [-0.39, 0.29) is 68.7 Å². The summed E-state index contributed by atoms with van der Waals surface area (Å²) in [6, 6.07) is 7.42. The van der Waals surface area contributed by atoms with Crippen molar-refractivity contribution in [2.75, 3.05) is 58.4 Å². The Hall–Kier alpha value is -3.39. The molecule has 2 aliphatic rings. The van der Waals surface area contributed by atoms with Gasteiger partial charge in [0.1, 0.15) is 5.82 Å². The number of rotatable bonds is 8. The van der Waals surface area contributed by atoms with E-state index in [4.69, 9.17) is 5.11 Å². The van der Waals surface area contributed by atoms with Gasteiger partial charge in [-0.15, -0.1) is 0 Å². The molecule has 2 saturated heterocycles. The van der Waals surface area contributed by atoms with Crippen molar-refractivity contribution in [3.8, 4) is 0 Å². The topological polar surface area (TPSA) is 115 Å². The number of hydrogen-bond donors (Lipinski definition) is 3. The summed E-state index contributed by atoms with van der Waals surface area (Å²) < 4.78 is 79.9. The number of pyridine rings is 1. The van der Waals surface area contributed by atoms with Gasteiger partial charge in [0.2, 0.25) is 10.0 Å². The average molecular weight is 572 g/mol. The van der Waals surface area contributed by atoms with E-state index < -0.39 is 40.3 Å². The molecule has 2 aromatic rings. The van der Waals surface area contributed by atoms with Gasteiger partial charge in [0.05, 0.1) is 29.3 Å². The molecule has 1 amide bonds. The first-order chi connectivity index (χ1) is 18.5. The molecular weight excluding hydrogens is 542 g/mol. The minimum atomic E-state index is -3.84. The predicted molar refractivity (Wildman–Crippen MR) is 140 cm³/mol. The third kappa shape index (κ3) is 7.38. The zero-order valence-corrected chi connectivity index (χ0v) is 21.8. The highest BCUT2D eigenvalue weighted by Gasteiger charge is 2.34. The molecule has 39 heavy (non-hydrogen) atoms. The number of aliphatic hydroxyl groups is 1. The lowest BCUT2D eigenvalue weighted by Crippen LogP contribution is -2.39. The molecule has 2 aliphatic heterocycles. The second-order valence-corrected chi connectivity index (χ2v) is 11.3. The molecular formula is C25H29F4N5O4S. The Morgan fingerprint density at radius 1 is 1.00 bits per heavy atom. The van der Waals surface area contributed by atoms with E-state index in [0.717, 1.165) is 0 Å². The summed E-state index contributed by atoms with van der Waals surface area (Å²) in [7, 11) is -3.84. The SMILES string of the molecule is O=C(Nc1ccnc(N2CCC(F)(F)CC2)c1)c1ccc(NS(=O)(=O)CCO)cc1N1CCC(=C(F)F)CC1. The van der Waals surface area contributed by atoms with Crippen LogP contribution in [0.2, 0.25) is 0 Å². The number of nitrogens with zero attached hydrogens (tertiary/aromatic N) is 3. The molecule has 1 aromatic heterocycles. The van der Waals surface area contributed by atoms with Crippen LogP contribution in [0.3, 0.4) is 0 Å². The number of nitrogens with one attached hydrogen (secondary N) is 2.